The lowest BCUT2D eigenvalue weighted by Crippen LogP contribution is -2.26. The first-order valence-corrected chi connectivity index (χ1v) is 13.6. The highest BCUT2D eigenvalue weighted by Crippen LogP contribution is 2.30. The molecule has 3 heterocycles. The number of rotatable bonds is 6. The summed E-state index contributed by atoms with van der Waals surface area (Å²) in [5.74, 6) is -0.921. The minimum Gasteiger partial charge on any atom is -0.442 e. The quantitative estimate of drug-likeness (QED) is 0.598. The molecule has 0 radical (unpaired) electrons. The summed E-state index contributed by atoms with van der Waals surface area (Å²) in [7, 11) is -6.36. The summed E-state index contributed by atoms with van der Waals surface area (Å²) in [4.78, 5) is 13.6. The van der Waals surface area contributed by atoms with Crippen molar-refractivity contribution in [2.75, 3.05) is 29.2 Å². The molecule has 0 saturated carbocycles. The number of carbonyl (C=O) groups is 1. The van der Waals surface area contributed by atoms with Crippen molar-refractivity contribution in [1.29, 1.82) is 0 Å². The number of hydrogen-bond acceptors (Lipinski definition) is 8. The molecule has 0 spiro atoms. The van der Waals surface area contributed by atoms with Gasteiger partial charge in [-0.2, -0.15) is 0 Å². The third kappa shape index (κ3) is 5.15. The van der Waals surface area contributed by atoms with E-state index in [1.807, 2.05) is 0 Å². The number of ether oxygens (including phenoxy) is 1. The molecule has 0 unspecified atom stereocenters. The number of sulfone groups is 2. The number of halogens is 1. The van der Waals surface area contributed by atoms with Crippen LogP contribution < -0.4 is 4.90 Å². The molecule has 1 aromatic heterocycles. The Balaban J connectivity index is 1.44. The van der Waals surface area contributed by atoms with E-state index in [1.54, 1.807) is 6.07 Å². The molecule has 2 aliphatic rings. The lowest BCUT2D eigenvalue weighted by Gasteiger charge is -2.17. The first-order valence-electron chi connectivity index (χ1n) is 9.73. The zero-order valence-corrected chi connectivity index (χ0v) is 18.8. The predicted molar refractivity (Wildman–Crippen MR) is 114 cm³/mol. The molecule has 10 nitrogen and oxygen atoms in total. The van der Waals surface area contributed by atoms with Crippen molar-refractivity contribution in [3.63, 3.8) is 0 Å². The molecule has 4 rings (SSSR count). The van der Waals surface area contributed by atoms with Crippen molar-refractivity contribution in [2.45, 2.75) is 24.8 Å². The van der Waals surface area contributed by atoms with Gasteiger partial charge in [-0.3, -0.25) is 4.90 Å². The second kappa shape index (κ2) is 8.28. The number of nitrogens with zero attached hydrogens (tertiary/aromatic N) is 4. The van der Waals surface area contributed by atoms with E-state index in [4.69, 9.17) is 4.74 Å². The van der Waals surface area contributed by atoms with E-state index in [0.29, 0.717) is 16.8 Å². The lowest BCUT2D eigenvalue weighted by atomic mass is 10.0. The van der Waals surface area contributed by atoms with E-state index in [-0.39, 0.29) is 42.5 Å². The molecule has 1 amide bonds. The molecule has 1 saturated heterocycles. The largest absolute Gasteiger partial charge is 0.442 e. The normalized spacial score (nSPS) is 20.8. The second-order valence-electron chi connectivity index (χ2n) is 7.88. The summed E-state index contributed by atoms with van der Waals surface area (Å²) in [6.45, 7) is 0.320. The summed E-state index contributed by atoms with van der Waals surface area (Å²) in [5.41, 5.74) is 1.55. The van der Waals surface area contributed by atoms with Crippen LogP contribution in [0.3, 0.4) is 0 Å². The van der Waals surface area contributed by atoms with Gasteiger partial charge in [0.25, 0.3) is 0 Å². The summed E-state index contributed by atoms with van der Waals surface area (Å²) in [5, 5.41) is 7.66. The predicted octanol–water partition coefficient (Wildman–Crippen LogP) is 1.19. The first-order chi connectivity index (χ1) is 15.0. The monoisotopic (exact) mass is 484 g/mol. The van der Waals surface area contributed by atoms with E-state index in [9.17, 15) is 26.0 Å². The molecule has 0 aliphatic carbocycles. The van der Waals surface area contributed by atoms with Crippen molar-refractivity contribution >= 4 is 37.0 Å². The van der Waals surface area contributed by atoms with Crippen LogP contribution in [-0.2, 0) is 36.7 Å². The third-order valence-electron chi connectivity index (χ3n) is 5.14. The standard InChI is InChI=1S/C19H21FN4O6S2/c1-31(26,27)12-14-9-23(22-21-14)10-16-11-24(19(25)30-16)15-2-3-17(18(20)8-15)13-4-6-32(28,29)7-5-13/h2-4,8-9,16H,5-7,10-12H2,1H3/t16-/m0/s1. The molecular weight excluding hydrogens is 463 g/mol. The Bertz CT molecular complexity index is 1300. The second-order valence-corrected chi connectivity index (χ2v) is 12.2. The van der Waals surface area contributed by atoms with Gasteiger partial charge in [0.05, 0.1) is 41.7 Å². The minimum absolute atomic E-state index is 0.0195. The number of amides is 1. The van der Waals surface area contributed by atoms with Gasteiger partial charge >= 0.3 is 6.09 Å². The summed E-state index contributed by atoms with van der Waals surface area (Å²) in [6.07, 6.45) is 3.12. The Kier molecular flexibility index (Phi) is 5.79. The summed E-state index contributed by atoms with van der Waals surface area (Å²) < 4.78 is 67.3. The van der Waals surface area contributed by atoms with Gasteiger partial charge < -0.3 is 4.74 Å². The molecule has 13 heteroatoms. The smallest absolute Gasteiger partial charge is 0.414 e. The van der Waals surface area contributed by atoms with Crippen LogP contribution in [0.2, 0.25) is 0 Å². The first kappa shape index (κ1) is 22.4. The number of hydrogen-bond donors (Lipinski definition) is 0. The van der Waals surface area contributed by atoms with E-state index >= 15 is 0 Å². The Hall–Kier alpha value is -2.80. The minimum atomic E-state index is -3.25. The van der Waals surface area contributed by atoms with Crippen molar-refractivity contribution in [3.05, 3.63) is 47.5 Å². The molecule has 0 N–H and O–H groups in total. The third-order valence-corrected chi connectivity index (χ3v) is 7.46. The lowest BCUT2D eigenvalue weighted by molar-refractivity contribution is 0.129. The number of benzene rings is 1. The van der Waals surface area contributed by atoms with Crippen LogP contribution in [0.4, 0.5) is 14.9 Å². The summed E-state index contributed by atoms with van der Waals surface area (Å²) in [6, 6.07) is 4.35. The highest BCUT2D eigenvalue weighted by atomic mass is 32.2. The maximum atomic E-state index is 14.7. The molecule has 2 aliphatic heterocycles. The van der Waals surface area contributed by atoms with Gasteiger partial charge in [0.2, 0.25) is 0 Å². The zero-order chi connectivity index (χ0) is 23.1. The van der Waals surface area contributed by atoms with Gasteiger partial charge in [-0.1, -0.05) is 11.3 Å². The van der Waals surface area contributed by atoms with Gasteiger partial charge in [-0.05, 0) is 30.2 Å². The Morgan fingerprint density at radius 1 is 1.31 bits per heavy atom. The molecule has 1 aromatic carbocycles. The Labute approximate surface area is 184 Å². The molecule has 172 valence electrons. The molecule has 1 fully saturated rings. The van der Waals surface area contributed by atoms with Crippen molar-refractivity contribution < 1.29 is 30.8 Å². The number of cyclic esters (lactones) is 1. The van der Waals surface area contributed by atoms with E-state index in [2.05, 4.69) is 10.3 Å². The maximum Gasteiger partial charge on any atom is 0.414 e. The fourth-order valence-corrected chi connectivity index (χ4v) is 5.48. The average Bonchev–Trinajstić information content (AvgIpc) is 3.27. The fourth-order valence-electron chi connectivity index (χ4n) is 3.65. The van der Waals surface area contributed by atoms with Crippen molar-refractivity contribution in [3.8, 4) is 0 Å². The van der Waals surface area contributed by atoms with Gasteiger partial charge in [0.1, 0.15) is 11.9 Å². The van der Waals surface area contributed by atoms with E-state index < -0.39 is 37.7 Å². The topological polar surface area (TPSA) is 129 Å². The summed E-state index contributed by atoms with van der Waals surface area (Å²) >= 11 is 0. The number of allylic oxidation sites excluding steroid dienone is 1. The van der Waals surface area contributed by atoms with E-state index in [0.717, 1.165) is 6.26 Å². The highest BCUT2D eigenvalue weighted by Gasteiger charge is 2.33. The van der Waals surface area contributed by atoms with E-state index in [1.165, 1.54) is 34.0 Å². The van der Waals surface area contributed by atoms with Crippen LogP contribution >= 0.6 is 0 Å². The highest BCUT2D eigenvalue weighted by molar-refractivity contribution is 7.91. The Morgan fingerprint density at radius 2 is 2.09 bits per heavy atom. The van der Waals surface area contributed by atoms with Gasteiger partial charge in [0, 0.05) is 18.0 Å². The maximum absolute atomic E-state index is 14.7. The van der Waals surface area contributed by atoms with Crippen LogP contribution in [0.1, 0.15) is 17.7 Å². The molecular formula is C19H21FN4O6S2. The number of carbonyl (C=O) groups excluding carboxylic acids is 1. The molecule has 1 atom stereocenters. The van der Waals surface area contributed by atoms with Crippen LogP contribution in [-0.4, -0.2) is 68.3 Å². The van der Waals surface area contributed by atoms with Gasteiger partial charge in [-0.25, -0.2) is 30.7 Å². The Morgan fingerprint density at radius 3 is 2.75 bits per heavy atom. The van der Waals surface area contributed by atoms with Crippen molar-refractivity contribution in [1.82, 2.24) is 15.0 Å². The molecule has 0 bridgehead atoms. The fraction of sp³-hybridized carbons (Fsp3) is 0.421. The average molecular weight is 485 g/mol. The van der Waals surface area contributed by atoms with Gasteiger partial charge in [-0.15, -0.1) is 5.10 Å². The van der Waals surface area contributed by atoms with Crippen LogP contribution in [0, 0.1) is 5.82 Å². The van der Waals surface area contributed by atoms with Crippen LogP contribution in [0.15, 0.2) is 30.5 Å². The zero-order valence-electron chi connectivity index (χ0n) is 17.1. The van der Waals surface area contributed by atoms with Crippen molar-refractivity contribution in [2.24, 2.45) is 0 Å². The number of anilines is 1. The molecule has 32 heavy (non-hydrogen) atoms. The van der Waals surface area contributed by atoms with Crippen LogP contribution in [0.5, 0.6) is 0 Å². The number of aromatic nitrogens is 3. The SMILES string of the molecule is CS(=O)(=O)Cc1cn(C[C@H]2CN(c3ccc(C4=CCS(=O)(=O)CC4)c(F)c3)C(=O)O2)nn1. The molecule has 2 aromatic rings. The van der Waals surface area contributed by atoms with Gasteiger partial charge in [0.15, 0.2) is 19.7 Å². The van der Waals surface area contributed by atoms with Crippen LogP contribution in [0.25, 0.3) is 5.57 Å².